The van der Waals surface area contributed by atoms with Gasteiger partial charge in [0.1, 0.15) is 18.5 Å². The van der Waals surface area contributed by atoms with Gasteiger partial charge in [-0.05, 0) is 55.0 Å². The fraction of sp³-hybridized carbons (Fsp3) is 0.440. The van der Waals surface area contributed by atoms with Gasteiger partial charge in [0, 0.05) is 25.3 Å². The molecule has 32 heavy (non-hydrogen) atoms. The Bertz CT molecular complexity index is 1110. The monoisotopic (exact) mass is 427 g/mol. The minimum Gasteiger partial charge on any atom is -0.360 e. The summed E-state index contributed by atoms with van der Waals surface area (Å²) in [6, 6.07) is 15.9. The molecule has 1 aromatic carbocycles. The molecule has 0 N–H and O–H groups in total. The molecule has 3 atom stereocenters. The zero-order valence-corrected chi connectivity index (χ0v) is 18.1. The Balaban J connectivity index is 1.25. The van der Waals surface area contributed by atoms with E-state index in [1.165, 1.54) is 0 Å². The van der Waals surface area contributed by atoms with Gasteiger partial charge in [-0.3, -0.25) is 4.79 Å². The van der Waals surface area contributed by atoms with Gasteiger partial charge in [-0.25, -0.2) is 4.98 Å². The van der Waals surface area contributed by atoms with E-state index in [1.807, 2.05) is 29.2 Å². The molecule has 3 heterocycles. The number of amides is 1. The van der Waals surface area contributed by atoms with E-state index in [1.54, 1.807) is 18.3 Å². The van der Waals surface area contributed by atoms with Crippen LogP contribution in [0.5, 0.6) is 0 Å². The van der Waals surface area contributed by atoms with Gasteiger partial charge in [0.15, 0.2) is 0 Å². The molecule has 0 spiro atoms. The van der Waals surface area contributed by atoms with Gasteiger partial charge < -0.3 is 14.5 Å². The van der Waals surface area contributed by atoms with Crippen molar-refractivity contribution < 1.29 is 9.53 Å². The van der Waals surface area contributed by atoms with Gasteiger partial charge in [0.2, 0.25) is 5.91 Å². The van der Waals surface area contributed by atoms with Crippen molar-refractivity contribution in [1.29, 1.82) is 10.5 Å². The molecule has 7 heteroatoms. The van der Waals surface area contributed by atoms with Crippen LogP contribution in [-0.2, 0) is 15.1 Å². The van der Waals surface area contributed by atoms with Crippen LogP contribution in [0.15, 0.2) is 42.6 Å². The topological polar surface area (TPSA) is 93.2 Å². The van der Waals surface area contributed by atoms with Crippen molar-refractivity contribution in [1.82, 2.24) is 9.88 Å². The fourth-order valence-electron chi connectivity index (χ4n) is 5.19. The summed E-state index contributed by atoms with van der Waals surface area (Å²) >= 11 is 0. The number of nitrogens with zero attached hydrogens (tertiary/aromatic N) is 5. The highest BCUT2D eigenvalue weighted by molar-refractivity contribution is 5.78. The lowest BCUT2D eigenvalue weighted by Crippen LogP contribution is -2.57. The Labute approximate surface area is 187 Å². The molecule has 2 bridgehead atoms. The third kappa shape index (κ3) is 3.59. The van der Waals surface area contributed by atoms with Gasteiger partial charge >= 0.3 is 0 Å². The van der Waals surface area contributed by atoms with Gasteiger partial charge in [-0.2, -0.15) is 10.5 Å². The van der Waals surface area contributed by atoms with E-state index in [-0.39, 0.29) is 24.6 Å². The molecular formula is C25H25N5O2. The summed E-state index contributed by atoms with van der Waals surface area (Å²) in [5.74, 6) is 1.35. The molecule has 2 saturated heterocycles. The maximum Gasteiger partial charge on any atom is 0.248 e. The molecule has 7 nitrogen and oxygen atoms in total. The minimum atomic E-state index is -0.428. The number of pyridine rings is 1. The number of rotatable bonds is 5. The number of likely N-dealkylation sites (tertiary alicyclic amines) is 1. The molecule has 5 rings (SSSR count). The normalized spacial score (nSPS) is 25.2. The Morgan fingerprint density at radius 2 is 2.00 bits per heavy atom. The van der Waals surface area contributed by atoms with Crippen LogP contribution in [0.2, 0.25) is 0 Å². The number of nitriles is 2. The lowest BCUT2D eigenvalue weighted by Gasteiger charge is -2.42. The van der Waals surface area contributed by atoms with Crippen LogP contribution in [0.25, 0.3) is 0 Å². The molecular weight excluding hydrogens is 402 g/mol. The van der Waals surface area contributed by atoms with Gasteiger partial charge in [-0.15, -0.1) is 0 Å². The van der Waals surface area contributed by atoms with E-state index in [0.717, 1.165) is 30.6 Å². The SMILES string of the molecule is C[C@H]1CC2CN(C(=O)COC3(c4cccc(C#N)c4)CC3)CC1N2c1ccc(C#N)cn1. The highest BCUT2D eigenvalue weighted by Crippen LogP contribution is 2.49. The number of piperazine rings is 1. The number of ether oxygens (including phenoxy) is 1. The first-order valence-electron chi connectivity index (χ1n) is 11.1. The van der Waals surface area contributed by atoms with Gasteiger partial charge in [-0.1, -0.05) is 19.1 Å². The molecule has 1 amide bonds. The van der Waals surface area contributed by atoms with Crippen molar-refractivity contribution in [3.63, 3.8) is 0 Å². The van der Waals surface area contributed by atoms with Crippen LogP contribution in [0.4, 0.5) is 5.82 Å². The molecule has 1 saturated carbocycles. The lowest BCUT2D eigenvalue weighted by atomic mass is 10.0. The zero-order valence-electron chi connectivity index (χ0n) is 18.1. The summed E-state index contributed by atoms with van der Waals surface area (Å²) < 4.78 is 6.14. The lowest BCUT2D eigenvalue weighted by molar-refractivity contribution is -0.140. The molecule has 3 fully saturated rings. The van der Waals surface area contributed by atoms with Crippen molar-refractivity contribution in [3.8, 4) is 12.1 Å². The quantitative estimate of drug-likeness (QED) is 0.728. The Kier molecular flexibility index (Phi) is 5.07. The van der Waals surface area contributed by atoms with E-state index in [2.05, 4.69) is 28.9 Å². The molecule has 2 unspecified atom stereocenters. The smallest absolute Gasteiger partial charge is 0.248 e. The summed E-state index contributed by atoms with van der Waals surface area (Å²) in [5.41, 5.74) is 1.72. The van der Waals surface area contributed by atoms with E-state index >= 15 is 0 Å². The third-order valence-corrected chi connectivity index (χ3v) is 7.08. The molecule has 1 aromatic heterocycles. The summed E-state index contributed by atoms with van der Waals surface area (Å²) in [6.07, 6.45) is 4.37. The minimum absolute atomic E-state index is 0.0178. The number of carbonyl (C=O) groups is 1. The Morgan fingerprint density at radius 3 is 2.66 bits per heavy atom. The largest absolute Gasteiger partial charge is 0.360 e. The van der Waals surface area contributed by atoms with Crippen LogP contribution in [0.3, 0.4) is 0 Å². The van der Waals surface area contributed by atoms with Crippen molar-refractivity contribution in [2.45, 2.75) is 43.9 Å². The number of anilines is 1. The van der Waals surface area contributed by atoms with Gasteiger partial charge in [0.05, 0.1) is 28.8 Å². The predicted molar refractivity (Wildman–Crippen MR) is 117 cm³/mol. The second-order valence-electron chi connectivity index (χ2n) is 9.13. The van der Waals surface area contributed by atoms with Crippen LogP contribution in [0, 0.1) is 28.6 Å². The average molecular weight is 428 g/mol. The number of carbonyl (C=O) groups excluding carboxylic acids is 1. The Morgan fingerprint density at radius 1 is 1.19 bits per heavy atom. The maximum atomic E-state index is 13.1. The first kappa shape index (κ1) is 20.5. The van der Waals surface area contributed by atoms with E-state index in [0.29, 0.717) is 30.1 Å². The standard InChI is InChI=1S/C25H25N5O2/c1-17-9-21-14-29(15-22(17)30(21)23-6-5-19(12-27)13-28-23)24(31)16-32-25(7-8-25)20-4-2-3-18(10-20)11-26/h2-6,10,13,17,21-22H,7-9,14-16H2,1H3/t17-,21?,22?/m0/s1. The second kappa shape index (κ2) is 7.93. The number of benzene rings is 1. The number of hydrogen-bond donors (Lipinski definition) is 0. The molecule has 162 valence electrons. The molecule has 1 aliphatic carbocycles. The van der Waals surface area contributed by atoms with E-state index in [9.17, 15) is 4.79 Å². The molecule has 2 aromatic rings. The van der Waals surface area contributed by atoms with Crippen LogP contribution in [0.1, 0.15) is 42.9 Å². The first-order chi connectivity index (χ1) is 15.5. The number of fused-ring (bicyclic) bond motifs is 2. The number of aromatic nitrogens is 1. The molecule has 0 radical (unpaired) electrons. The summed E-state index contributed by atoms with van der Waals surface area (Å²) in [6.45, 7) is 3.59. The molecule has 2 aliphatic heterocycles. The second-order valence-corrected chi connectivity index (χ2v) is 9.13. The molecule has 3 aliphatic rings. The van der Waals surface area contributed by atoms with Crippen molar-refractivity contribution in [2.24, 2.45) is 5.92 Å². The number of hydrogen-bond acceptors (Lipinski definition) is 6. The van der Waals surface area contributed by atoms with Crippen molar-refractivity contribution in [3.05, 3.63) is 59.3 Å². The summed E-state index contributed by atoms with van der Waals surface area (Å²) in [4.78, 5) is 21.8. The summed E-state index contributed by atoms with van der Waals surface area (Å²) in [5, 5.41) is 18.2. The Hall–Kier alpha value is -3.42. The maximum absolute atomic E-state index is 13.1. The van der Waals surface area contributed by atoms with Crippen molar-refractivity contribution >= 4 is 11.7 Å². The highest BCUT2D eigenvalue weighted by atomic mass is 16.5. The summed E-state index contributed by atoms with van der Waals surface area (Å²) in [7, 11) is 0. The van der Waals surface area contributed by atoms with Gasteiger partial charge in [0.25, 0.3) is 0 Å². The zero-order chi connectivity index (χ0) is 22.3. The van der Waals surface area contributed by atoms with Crippen LogP contribution >= 0.6 is 0 Å². The van der Waals surface area contributed by atoms with Crippen LogP contribution in [-0.4, -0.2) is 47.6 Å². The first-order valence-corrected chi connectivity index (χ1v) is 11.1. The average Bonchev–Trinajstić information content (AvgIpc) is 3.60. The van der Waals surface area contributed by atoms with Crippen LogP contribution < -0.4 is 4.90 Å². The van der Waals surface area contributed by atoms with E-state index in [4.69, 9.17) is 15.3 Å². The predicted octanol–water partition coefficient (Wildman–Crippen LogP) is 2.96. The van der Waals surface area contributed by atoms with Crippen molar-refractivity contribution in [2.75, 3.05) is 24.6 Å². The highest BCUT2D eigenvalue weighted by Gasteiger charge is 2.48. The fourth-order valence-corrected chi connectivity index (χ4v) is 5.19. The third-order valence-electron chi connectivity index (χ3n) is 7.08. The van der Waals surface area contributed by atoms with E-state index < -0.39 is 5.60 Å².